The summed E-state index contributed by atoms with van der Waals surface area (Å²) in [5.41, 5.74) is 6.62. The molecule has 4 heteroatoms. The summed E-state index contributed by atoms with van der Waals surface area (Å²) < 4.78 is 1.82. The summed E-state index contributed by atoms with van der Waals surface area (Å²) in [5, 5.41) is 4.79. The molecule has 0 aliphatic rings. The number of thioether (sulfide) groups is 1. The third-order valence-corrected chi connectivity index (χ3v) is 2.84. The summed E-state index contributed by atoms with van der Waals surface area (Å²) in [6.07, 6.45) is 1.96. The highest BCUT2D eigenvalue weighted by Gasteiger charge is 2.01. The first-order chi connectivity index (χ1) is 5.72. The average molecular weight is 185 g/mol. The molecule has 0 fully saturated rings. The van der Waals surface area contributed by atoms with Crippen molar-refractivity contribution in [3.63, 3.8) is 0 Å². The molecule has 0 radical (unpaired) electrons. The van der Waals surface area contributed by atoms with Gasteiger partial charge in [-0.2, -0.15) is 16.9 Å². The van der Waals surface area contributed by atoms with Crippen LogP contribution in [-0.4, -0.2) is 21.6 Å². The smallest absolute Gasteiger partial charge is 0.0723 e. The van der Waals surface area contributed by atoms with Crippen molar-refractivity contribution in [2.45, 2.75) is 17.9 Å². The predicted octanol–water partition coefficient (Wildman–Crippen LogP) is 1.00. The van der Waals surface area contributed by atoms with Gasteiger partial charge in [-0.25, -0.2) is 0 Å². The monoisotopic (exact) mass is 185 g/mol. The summed E-state index contributed by atoms with van der Waals surface area (Å²) in [6.45, 7) is 2.87. The van der Waals surface area contributed by atoms with E-state index < -0.39 is 0 Å². The predicted molar refractivity (Wildman–Crippen MR) is 53.0 cm³/mol. The lowest BCUT2D eigenvalue weighted by molar-refractivity contribution is 0.754. The molecule has 1 unspecified atom stereocenters. The van der Waals surface area contributed by atoms with E-state index in [1.807, 2.05) is 35.8 Å². The Bertz CT molecular complexity index is 234. The number of aromatic nitrogens is 2. The molecule has 0 saturated heterocycles. The van der Waals surface area contributed by atoms with Crippen LogP contribution in [0, 0.1) is 0 Å². The largest absolute Gasteiger partial charge is 0.329 e. The van der Waals surface area contributed by atoms with Gasteiger partial charge < -0.3 is 5.73 Å². The first kappa shape index (κ1) is 9.61. The van der Waals surface area contributed by atoms with Crippen LogP contribution in [0.5, 0.6) is 0 Å². The summed E-state index contributed by atoms with van der Waals surface area (Å²) in [7, 11) is 1.93. The minimum Gasteiger partial charge on any atom is -0.329 e. The summed E-state index contributed by atoms with van der Waals surface area (Å²) >= 11 is 1.84. The Kier molecular flexibility index (Phi) is 3.62. The fraction of sp³-hybridized carbons (Fsp3) is 0.625. The van der Waals surface area contributed by atoms with Gasteiger partial charge in [-0.3, -0.25) is 4.68 Å². The van der Waals surface area contributed by atoms with Gasteiger partial charge in [0.2, 0.25) is 0 Å². The second kappa shape index (κ2) is 4.52. The Morgan fingerprint density at radius 2 is 2.50 bits per heavy atom. The zero-order valence-corrected chi connectivity index (χ0v) is 8.34. The van der Waals surface area contributed by atoms with Crippen LogP contribution in [0.2, 0.25) is 0 Å². The van der Waals surface area contributed by atoms with Crippen LogP contribution in [0.4, 0.5) is 0 Å². The second-order valence-corrected chi connectivity index (χ2v) is 4.26. The summed E-state index contributed by atoms with van der Waals surface area (Å²) in [5.74, 6) is 0.958. The van der Waals surface area contributed by atoms with Gasteiger partial charge in [0.15, 0.2) is 0 Å². The van der Waals surface area contributed by atoms with Gasteiger partial charge in [-0.15, -0.1) is 0 Å². The van der Waals surface area contributed by atoms with Crippen molar-refractivity contribution in [3.8, 4) is 0 Å². The van der Waals surface area contributed by atoms with Crippen LogP contribution in [0.15, 0.2) is 12.3 Å². The molecule has 0 aliphatic carbocycles. The molecule has 0 aromatic carbocycles. The Balaban J connectivity index is 2.33. The number of hydrogen-bond donors (Lipinski definition) is 1. The van der Waals surface area contributed by atoms with E-state index in [1.165, 1.54) is 0 Å². The van der Waals surface area contributed by atoms with E-state index in [1.54, 1.807) is 0 Å². The lowest BCUT2D eigenvalue weighted by Crippen LogP contribution is -2.12. The molecule has 0 aliphatic heterocycles. The number of nitrogens with zero attached hydrogens (tertiary/aromatic N) is 2. The molecule has 1 rings (SSSR count). The highest BCUT2D eigenvalue weighted by molar-refractivity contribution is 7.99. The van der Waals surface area contributed by atoms with Crippen LogP contribution in [0.25, 0.3) is 0 Å². The maximum atomic E-state index is 5.49. The van der Waals surface area contributed by atoms with Crippen molar-refractivity contribution >= 4 is 11.8 Å². The zero-order chi connectivity index (χ0) is 8.97. The fourth-order valence-corrected chi connectivity index (χ4v) is 1.58. The molecule has 0 saturated carbocycles. The molecule has 1 aromatic rings. The summed E-state index contributed by atoms with van der Waals surface area (Å²) in [4.78, 5) is 0. The van der Waals surface area contributed by atoms with Crippen molar-refractivity contribution in [1.29, 1.82) is 0 Å². The molecule has 12 heavy (non-hydrogen) atoms. The van der Waals surface area contributed by atoms with Crippen molar-refractivity contribution < 1.29 is 0 Å². The molecular formula is C8H15N3S. The highest BCUT2D eigenvalue weighted by Crippen LogP contribution is 2.14. The zero-order valence-electron chi connectivity index (χ0n) is 7.53. The Labute approximate surface area is 77.3 Å². The van der Waals surface area contributed by atoms with Crippen LogP contribution >= 0.6 is 11.8 Å². The molecule has 0 spiro atoms. The van der Waals surface area contributed by atoms with Gasteiger partial charge in [0.1, 0.15) is 0 Å². The molecule has 1 heterocycles. The Hall–Kier alpha value is -0.480. The molecule has 1 atom stereocenters. The lowest BCUT2D eigenvalue weighted by Gasteiger charge is -2.05. The van der Waals surface area contributed by atoms with E-state index in [0.717, 1.165) is 18.0 Å². The minimum atomic E-state index is 0.520. The SMILES string of the molecule is CC(CN)SCc1ccn(C)n1. The third-order valence-electron chi connectivity index (χ3n) is 1.62. The maximum Gasteiger partial charge on any atom is 0.0723 e. The van der Waals surface area contributed by atoms with Crippen LogP contribution < -0.4 is 5.73 Å². The van der Waals surface area contributed by atoms with Crippen molar-refractivity contribution in [1.82, 2.24) is 9.78 Å². The average Bonchev–Trinajstić information content (AvgIpc) is 2.47. The van der Waals surface area contributed by atoms with Crippen LogP contribution in [-0.2, 0) is 12.8 Å². The van der Waals surface area contributed by atoms with Crippen LogP contribution in [0.1, 0.15) is 12.6 Å². The number of rotatable bonds is 4. The number of nitrogens with two attached hydrogens (primary N) is 1. The van der Waals surface area contributed by atoms with Crippen LogP contribution in [0.3, 0.4) is 0 Å². The standard InChI is InChI=1S/C8H15N3S/c1-7(5-9)12-6-8-3-4-11(2)10-8/h3-4,7H,5-6,9H2,1-2H3. The quantitative estimate of drug-likeness (QED) is 0.761. The molecular weight excluding hydrogens is 170 g/mol. The third kappa shape index (κ3) is 2.87. The number of hydrogen-bond acceptors (Lipinski definition) is 3. The van der Waals surface area contributed by atoms with Gasteiger partial charge in [0, 0.05) is 30.8 Å². The van der Waals surface area contributed by atoms with Crippen molar-refractivity contribution in [3.05, 3.63) is 18.0 Å². The lowest BCUT2D eigenvalue weighted by atomic mass is 10.5. The van der Waals surface area contributed by atoms with E-state index >= 15 is 0 Å². The molecule has 68 valence electrons. The van der Waals surface area contributed by atoms with Crippen molar-refractivity contribution in [2.75, 3.05) is 6.54 Å². The topological polar surface area (TPSA) is 43.8 Å². The van der Waals surface area contributed by atoms with E-state index in [0.29, 0.717) is 5.25 Å². The number of aryl methyl sites for hydroxylation is 1. The normalized spacial score (nSPS) is 13.2. The molecule has 2 N–H and O–H groups in total. The second-order valence-electron chi connectivity index (χ2n) is 2.84. The maximum absolute atomic E-state index is 5.49. The van der Waals surface area contributed by atoms with E-state index in [-0.39, 0.29) is 0 Å². The van der Waals surface area contributed by atoms with Gasteiger partial charge in [0.05, 0.1) is 5.69 Å². The summed E-state index contributed by atoms with van der Waals surface area (Å²) in [6, 6.07) is 2.04. The van der Waals surface area contributed by atoms with E-state index in [2.05, 4.69) is 12.0 Å². The first-order valence-electron chi connectivity index (χ1n) is 4.02. The molecule has 3 nitrogen and oxygen atoms in total. The Morgan fingerprint density at radius 1 is 1.75 bits per heavy atom. The van der Waals surface area contributed by atoms with E-state index in [4.69, 9.17) is 5.73 Å². The fourth-order valence-electron chi connectivity index (χ4n) is 0.836. The Morgan fingerprint density at radius 3 is 3.00 bits per heavy atom. The van der Waals surface area contributed by atoms with Gasteiger partial charge in [-0.1, -0.05) is 6.92 Å². The first-order valence-corrected chi connectivity index (χ1v) is 5.07. The highest BCUT2D eigenvalue weighted by atomic mass is 32.2. The van der Waals surface area contributed by atoms with Gasteiger partial charge >= 0.3 is 0 Å². The van der Waals surface area contributed by atoms with Gasteiger partial charge in [0.25, 0.3) is 0 Å². The van der Waals surface area contributed by atoms with Crippen molar-refractivity contribution in [2.24, 2.45) is 12.8 Å². The molecule has 1 aromatic heterocycles. The van der Waals surface area contributed by atoms with Gasteiger partial charge in [-0.05, 0) is 6.07 Å². The molecule has 0 bridgehead atoms. The molecule has 0 amide bonds. The minimum absolute atomic E-state index is 0.520. The van der Waals surface area contributed by atoms with E-state index in [9.17, 15) is 0 Å².